The van der Waals surface area contributed by atoms with Crippen molar-refractivity contribution in [2.75, 3.05) is 45.3 Å². The zero-order valence-corrected chi connectivity index (χ0v) is 18.2. The number of hydrogen-bond acceptors (Lipinski definition) is 4. The molecule has 0 saturated carbocycles. The van der Waals surface area contributed by atoms with Crippen molar-refractivity contribution in [1.82, 2.24) is 14.9 Å². The van der Waals surface area contributed by atoms with E-state index in [0.717, 1.165) is 71.6 Å². The molecule has 0 atom stereocenters. The van der Waals surface area contributed by atoms with Gasteiger partial charge in [0.05, 0.1) is 35.5 Å². The van der Waals surface area contributed by atoms with E-state index >= 15 is 0 Å². The molecule has 1 aliphatic rings. The number of rotatable bonds is 5. The van der Waals surface area contributed by atoms with Crippen LogP contribution < -0.4 is 4.90 Å². The van der Waals surface area contributed by atoms with E-state index in [4.69, 9.17) is 9.72 Å². The average Bonchev–Trinajstić information content (AvgIpc) is 3.16. The summed E-state index contributed by atoms with van der Waals surface area (Å²) in [6, 6.07) is 17.4. The lowest BCUT2D eigenvalue weighted by Crippen LogP contribution is -2.36. The van der Waals surface area contributed by atoms with Crippen LogP contribution in [0, 0.1) is 0 Å². The highest BCUT2D eigenvalue weighted by Crippen LogP contribution is 2.33. The number of H-pyrrole nitrogens is 1. The molecule has 2 aromatic carbocycles. The van der Waals surface area contributed by atoms with Gasteiger partial charge in [0.25, 0.3) is 0 Å². The summed E-state index contributed by atoms with van der Waals surface area (Å²) < 4.78 is 5.50. The molecule has 1 saturated heterocycles. The quantitative estimate of drug-likeness (QED) is 0.505. The lowest BCUT2D eigenvalue weighted by atomic mass is 10.0. The fraction of sp³-hybridized carbons (Fsp3) is 0.269. The van der Waals surface area contributed by atoms with Gasteiger partial charge < -0.3 is 19.5 Å². The van der Waals surface area contributed by atoms with Crippen molar-refractivity contribution in [2.45, 2.75) is 6.54 Å². The average molecular weight is 413 g/mol. The predicted octanol–water partition coefficient (Wildman–Crippen LogP) is 4.92. The molecule has 5 nitrogen and oxygen atoms in total. The lowest BCUT2D eigenvalue weighted by Gasteiger charge is -2.28. The smallest absolute Gasteiger partial charge is 0.0971 e. The van der Waals surface area contributed by atoms with Gasteiger partial charge in [0.1, 0.15) is 0 Å². The van der Waals surface area contributed by atoms with Gasteiger partial charge in [-0.25, -0.2) is 4.98 Å². The van der Waals surface area contributed by atoms with E-state index in [-0.39, 0.29) is 0 Å². The van der Waals surface area contributed by atoms with Gasteiger partial charge >= 0.3 is 0 Å². The second-order valence-electron chi connectivity index (χ2n) is 8.42. The molecule has 0 aliphatic carbocycles. The molecule has 0 spiro atoms. The minimum absolute atomic E-state index is 0.781. The van der Waals surface area contributed by atoms with Crippen molar-refractivity contribution in [3.05, 3.63) is 66.2 Å². The summed E-state index contributed by atoms with van der Waals surface area (Å²) in [7, 11) is 4.17. The molecule has 1 fully saturated rings. The number of hydrogen-bond donors (Lipinski definition) is 1. The van der Waals surface area contributed by atoms with Gasteiger partial charge in [0.2, 0.25) is 0 Å². The monoisotopic (exact) mass is 412 g/mol. The SMILES string of the molecule is C=Cc1cc(-c2cccc(CN(C)C)c2)nc2c1[nH]c1cc(N3CCOCC3)ccc12. The number of aromatic amines is 1. The summed E-state index contributed by atoms with van der Waals surface area (Å²) in [5.74, 6) is 0. The Balaban J connectivity index is 1.61. The van der Waals surface area contributed by atoms with Crippen molar-refractivity contribution in [3.63, 3.8) is 0 Å². The first kappa shape index (κ1) is 19.8. The number of nitrogens with one attached hydrogen (secondary N) is 1. The third-order valence-corrected chi connectivity index (χ3v) is 5.89. The Hall–Kier alpha value is -3.15. The molecule has 0 unspecified atom stereocenters. The maximum atomic E-state index is 5.50. The first-order valence-electron chi connectivity index (χ1n) is 10.8. The Morgan fingerprint density at radius 1 is 1.13 bits per heavy atom. The van der Waals surface area contributed by atoms with Crippen molar-refractivity contribution in [1.29, 1.82) is 0 Å². The largest absolute Gasteiger partial charge is 0.378 e. The summed E-state index contributed by atoms with van der Waals surface area (Å²) in [6.07, 6.45) is 1.91. The Bertz CT molecular complexity index is 1250. The number of benzene rings is 2. The molecular weight excluding hydrogens is 384 g/mol. The van der Waals surface area contributed by atoms with Gasteiger partial charge in [-0.3, -0.25) is 0 Å². The van der Waals surface area contributed by atoms with Crippen LogP contribution in [-0.4, -0.2) is 55.3 Å². The van der Waals surface area contributed by atoms with Crippen LogP contribution in [0.15, 0.2) is 55.1 Å². The molecule has 2 aromatic heterocycles. The molecule has 31 heavy (non-hydrogen) atoms. The zero-order valence-electron chi connectivity index (χ0n) is 18.2. The van der Waals surface area contributed by atoms with E-state index < -0.39 is 0 Å². The minimum atomic E-state index is 0.781. The molecule has 5 heteroatoms. The van der Waals surface area contributed by atoms with Gasteiger partial charge in [-0.15, -0.1) is 0 Å². The van der Waals surface area contributed by atoms with Crippen molar-refractivity contribution in [3.8, 4) is 11.3 Å². The van der Waals surface area contributed by atoms with Crippen LogP contribution >= 0.6 is 0 Å². The maximum absolute atomic E-state index is 5.50. The summed E-state index contributed by atoms with van der Waals surface area (Å²) >= 11 is 0. The van der Waals surface area contributed by atoms with Crippen LogP contribution in [0.1, 0.15) is 11.1 Å². The number of morpholine rings is 1. The second-order valence-corrected chi connectivity index (χ2v) is 8.42. The van der Waals surface area contributed by atoms with E-state index in [2.05, 4.69) is 84.0 Å². The number of anilines is 1. The first-order chi connectivity index (χ1) is 15.1. The molecule has 4 aromatic rings. The molecule has 158 valence electrons. The molecule has 5 rings (SSSR count). The number of pyridine rings is 1. The standard InChI is InChI=1S/C26H28N4O/c1-4-19-15-23(20-7-5-6-18(14-20)17-29(2)3)27-26-22-9-8-21(16-24(22)28-25(19)26)30-10-12-31-13-11-30/h4-9,14-16,28H,1,10-13,17H2,2-3H3. The summed E-state index contributed by atoms with van der Waals surface area (Å²) in [6.45, 7) is 8.38. The zero-order chi connectivity index (χ0) is 21.4. The van der Waals surface area contributed by atoms with Crippen LogP contribution in [0.4, 0.5) is 5.69 Å². The Morgan fingerprint density at radius 3 is 2.74 bits per heavy atom. The highest BCUT2D eigenvalue weighted by atomic mass is 16.5. The Morgan fingerprint density at radius 2 is 1.97 bits per heavy atom. The number of ether oxygens (including phenoxy) is 1. The van der Waals surface area contributed by atoms with E-state index in [0.29, 0.717) is 0 Å². The van der Waals surface area contributed by atoms with Gasteiger partial charge in [-0.1, -0.05) is 30.9 Å². The topological polar surface area (TPSA) is 44.4 Å². The van der Waals surface area contributed by atoms with Crippen LogP contribution in [0.3, 0.4) is 0 Å². The highest BCUT2D eigenvalue weighted by Gasteiger charge is 2.15. The van der Waals surface area contributed by atoms with Gasteiger partial charge in [-0.2, -0.15) is 0 Å². The summed E-state index contributed by atoms with van der Waals surface area (Å²) in [5.41, 5.74) is 8.81. The van der Waals surface area contributed by atoms with Crippen LogP contribution in [0.25, 0.3) is 39.3 Å². The summed E-state index contributed by atoms with van der Waals surface area (Å²) in [4.78, 5) is 13.2. The van der Waals surface area contributed by atoms with Crippen molar-refractivity contribution < 1.29 is 4.74 Å². The minimum Gasteiger partial charge on any atom is -0.378 e. The number of aromatic nitrogens is 2. The molecule has 1 N–H and O–H groups in total. The van der Waals surface area contributed by atoms with E-state index in [9.17, 15) is 0 Å². The maximum Gasteiger partial charge on any atom is 0.0971 e. The molecule has 0 radical (unpaired) electrons. The number of fused-ring (bicyclic) bond motifs is 3. The third-order valence-electron chi connectivity index (χ3n) is 5.89. The van der Waals surface area contributed by atoms with E-state index in [1.165, 1.54) is 11.3 Å². The van der Waals surface area contributed by atoms with Crippen LogP contribution in [-0.2, 0) is 11.3 Å². The molecule has 3 heterocycles. The molecule has 0 bridgehead atoms. The third kappa shape index (κ3) is 3.82. The Kier molecular flexibility index (Phi) is 5.22. The van der Waals surface area contributed by atoms with Crippen molar-refractivity contribution in [2.24, 2.45) is 0 Å². The molecular formula is C26H28N4O. The van der Waals surface area contributed by atoms with Crippen LogP contribution in [0.2, 0.25) is 0 Å². The second kappa shape index (κ2) is 8.17. The highest BCUT2D eigenvalue weighted by molar-refractivity contribution is 6.08. The predicted molar refractivity (Wildman–Crippen MR) is 130 cm³/mol. The first-order valence-corrected chi connectivity index (χ1v) is 10.8. The fourth-order valence-corrected chi connectivity index (χ4v) is 4.39. The van der Waals surface area contributed by atoms with Gasteiger partial charge in [-0.05, 0) is 50.0 Å². The Labute approximate surface area is 183 Å². The van der Waals surface area contributed by atoms with Gasteiger partial charge in [0.15, 0.2) is 0 Å². The van der Waals surface area contributed by atoms with E-state index in [1.54, 1.807) is 0 Å². The van der Waals surface area contributed by atoms with Crippen molar-refractivity contribution >= 4 is 33.7 Å². The summed E-state index contributed by atoms with van der Waals surface area (Å²) in [5, 5.41) is 1.14. The van der Waals surface area contributed by atoms with Gasteiger partial charge in [0, 0.05) is 41.8 Å². The lowest BCUT2D eigenvalue weighted by molar-refractivity contribution is 0.122. The normalized spacial score (nSPS) is 14.6. The van der Waals surface area contributed by atoms with Crippen LogP contribution in [0.5, 0.6) is 0 Å². The molecule has 1 aliphatic heterocycles. The number of nitrogens with zero attached hydrogens (tertiary/aromatic N) is 3. The fourth-order valence-electron chi connectivity index (χ4n) is 4.39. The van der Waals surface area contributed by atoms with E-state index in [1.807, 2.05) is 6.08 Å². The molecule has 0 amide bonds.